The molecule has 0 saturated heterocycles. The maximum atomic E-state index is 11.2. The van der Waals surface area contributed by atoms with Gasteiger partial charge in [-0.05, 0) is 34.9 Å². The van der Waals surface area contributed by atoms with Gasteiger partial charge < -0.3 is 5.11 Å². The van der Waals surface area contributed by atoms with Crippen molar-refractivity contribution in [1.82, 2.24) is 0 Å². The number of aliphatic carboxylic acids is 1. The topological polar surface area (TPSA) is 37.3 Å². The molecule has 2 rings (SSSR count). The second-order valence-electron chi connectivity index (χ2n) is 5.94. The van der Waals surface area contributed by atoms with E-state index in [0.717, 1.165) is 4.90 Å². The molecule has 0 radical (unpaired) electrons. The summed E-state index contributed by atoms with van der Waals surface area (Å²) in [4.78, 5) is 12.3. The summed E-state index contributed by atoms with van der Waals surface area (Å²) in [6, 6.07) is 6.47. The van der Waals surface area contributed by atoms with Gasteiger partial charge in [0.1, 0.15) is 5.25 Å². The molecule has 1 aliphatic heterocycles. The number of benzene rings is 1. The van der Waals surface area contributed by atoms with Crippen LogP contribution in [0.2, 0.25) is 0 Å². The van der Waals surface area contributed by atoms with E-state index >= 15 is 0 Å². The zero-order chi connectivity index (χ0) is 13.5. The fraction of sp³-hybridized carbons (Fsp3) is 0.533. The number of carboxylic acids is 1. The molecule has 1 aromatic rings. The van der Waals surface area contributed by atoms with Crippen LogP contribution in [0.3, 0.4) is 0 Å². The van der Waals surface area contributed by atoms with Crippen molar-refractivity contribution in [1.29, 1.82) is 0 Å². The minimum atomic E-state index is -0.702. The molecule has 1 atom stereocenters. The van der Waals surface area contributed by atoms with Gasteiger partial charge in [-0.15, -0.1) is 11.8 Å². The number of carboxylic acid groups (broad SMARTS) is 1. The van der Waals surface area contributed by atoms with E-state index in [4.69, 9.17) is 0 Å². The Morgan fingerprint density at radius 2 is 2.11 bits per heavy atom. The summed E-state index contributed by atoms with van der Waals surface area (Å²) < 4.78 is 0. The van der Waals surface area contributed by atoms with Gasteiger partial charge in [0.2, 0.25) is 0 Å². The summed E-state index contributed by atoms with van der Waals surface area (Å²) in [5.41, 5.74) is 2.57. The highest BCUT2D eigenvalue weighted by Gasteiger charge is 2.36. The SMILES string of the molecule is CC(C)c1ccc2c(c1)C(C)(C)CC(C(=O)O)S2. The van der Waals surface area contributed by atoms with E-state index in [9.17, 15) is 9.90 Å². The first kappa shape index (κ1) is 13.5. The molecule has 0 bridgehead atoms. The van der Waals surface area contributed by atoms with Gasteiger partial charge in [0.05, 0.1) is 0 Å². The van der Waals surface area contributed by atoms with Gasteiger partial charge >= 0.3 is 5.97 Å². The quantitative estimate of drug-likeness (QED) is 0.876. The zero-order valence-electron chi connectivity index (χ0n) is 11.4. The summed E-state index contributed by atoms with van der Waals surface area (Å²) in [6.45, 7) is 8.66. The van der Waals surface area contributed by atoms with Crippen LogP contribution in [-0.2, 0) is 10.2 Å². The van der Waals surface area contributed by atoms with Crippen molar-refractivity contribution in [3.8, 4) is 0 Å². The van der Waals surface area contributed by atoms with E-state index in [2.05, 4.69) is 45.9 Å². The molecule has 2 nitrogen and oxygen atoms in total. The molecule has 1 aliphatic rings. The van der Waals surface area contributed by atoms with Crippen LogP contribution in [0, 0.1) is 0 Å². The Morgan fingerprint density at radius 1 is 1.44 bits per heavy atom. The maximum absolute atomic E-state index is 11.2. The lowest BCUT2D eigenvalue weighted by Crippen LogP contribution is -2.32. The molecule has 0 amide bonds. The van der Waals surface area contributed by atoms with Gasteiger partial charge in [0.25, 0.3) is 0 Å². The molecule has 1 heterocycles. The number of hydrogen-bond donors (Lipinski definition) is 1. The van der Waals surface area contributed by atoms with Gasteiger partial charge in [-0.3, -0.25) is 4.79 Å². The third-order valence-electron chi connectivity index (χ3n) is 3.64. The Morgan fingerprint density at radius 3 is 2.67 bits per heavy atom. The number of rotatable bonds is 2. The third-order valence-corrected chi connectivity index (χ3v) is 4.90. The van der Waals surface area contributed by atoms with Gasteiger partial charge in [-0.2, -0.15) is 0 Å². The Kier molecular flexibility index (Phi) is 3.45. The van der Waals surface area contributed by atoms with Crippen LogP contribution >= 0.6 is 11.8 Å². The van der Waals surface area contributed by atoms with Crippen LogP contribution in [0.25, 0.3) is 0 Å². The van der Waals surface area contributed by atoms with Gasteiger partial charge in [0, 0.05) is 4.90 Å². The molecule has 0 saturated carbocycles. The van der Waals surface area contributed by atoms with Gasteiger partial charge in [-0.1, -0.05) is 39.8 Å². The lowest BCUT2D eigenvalue weighted by Gasteiger charge is -2.35. The number of thioether (sulfide) groups is 1. The van der Waals surface area contributed by atoms with E-state index in [1.54, 1.807) is 0 Å². The van der Waals surface area contributed by atoms with Crippen molar-refractivity contribution < 1.29 is 9.90 Å². The Labute approximate surface area is 113 Å². The third kappa shape index (κ3) is 2.41. The highest BCUT2D eigenvalue weighted by atomic mass is 32.2. The first-order valence-corrected chi connectivity index (χ1v) is 7.23. The van der Waals surface area contributed by atoms with Crippen LogP contribution in [0.1, 0.15) is 51.2 Å². The largest absolute Gasteiger partial charge is 0.480 e. The summed E-state index contributed by atoms with van der Waals surface area (Å²) in [6.07, 6.45) is 0.696. The lowest BCUT2D eigenvalue weighted by atomic mass is 9.78. The average molecular weight is 264 g/mol. The van der Waals surface area contributed by atoms with Crippen molar-refractivity contribution >= 4 is 17.7 Å². The molecule has 0 aromatic heterocycles. The molecule has 3 heteroatoms. The second kappa shape index (κ2) is 4.61. The van der Waals surface area contributed by atoms with Gasteiger partial charge in [0.15, 0.2) is 0 Å². The summed E-state index contributed by atoms with van der Waals surface area (Å²) in [5.74, 6) is -0.194. The van der Waals surface area contributed by atoms with Crippen LogP contribution in [0.15, 0.2) is 23.1 Å². The van der Waals surface area contributed by atoms with E-state index in [0.29, 0.717) is 12.3 Å². The summed E-state index contributed by atoms with van der Waals surface area (Å²) in [5, 5.41) is 8.90. The van der Waals surface area contributed by atoms with E-state index in [1.807, 2.05) is 0 Å². The van der Waals surface area contributed by atoms with Crippen molar-refractivity contribution in [2.45, 2.75) is 55.6 Å². The minimum absolute atomic E-state index is 0.0610. The molecule has 0 spiro atoms. The number of hydrogen-bond acceptors (Lipinski definition) is 2. The molecule has 0 fully saturated rings. The standard InChI is InChI=1S/C15H20O2S/c1-9(2)10-5-6-12-11(7-10)15(3,4)8-13(18-12)14(16)17/h5-7,9,13H,8H2,1-4H3,(H,16,17). The van der Waals surface area contributed by atoms with E-state index in [-0.39, 0.29) is 10.7 Å². The maximum Gasteiger partial charge on any atom is 0.317 e. The van der Waals surface area contributed by atoms with Crippen molar-refractivity contribution in [2.75, 3.05) is 0 Å². The number of fused-ring (bicyclic) bond motifs is 1. The first-order valence-electron chi connectivity index (χ1n) is 6.35. The zero-order valence-corrected chi connectivity index (χ0v) is 12.2. The Hall–Kier alpha value is -0.960. The fourth-order valence-corrected chi connectivity index (χ4v) is 3.96. The summed E-state index contributed by atoms with van der Waals surface area (Å²) >= 11 is 1.49. The molecule has 1 unspecified atom stereocenters. The van der Waals surface area contributed by atoms with Crippen molar-refractivity contribution in [3.05, 3.63) is 29.3 Å². The Balaban J connectivity index is 2.45. The van der Waals surface area contributed by atoms with Crippen molar-refractivity contribution in [2.24, 2.45) is 0 Å². The van der Waals surface area contributed by atoms with E-state index < -0.39 is 5.97 Å². The molecule has 0 aliphatic carbocycles. The van der Waals surface area contributed by atoms with E-state index in [1.165, 1.54) is 22.9 Å². The molecule has 18 heavy (non-hydrogen) atoms. The predicted molar refractivity (Wildman–Crippen MR) is 75.5 cm³/mol. The normalized spacial score (nSPS) is 21.7. The molecule has 1 aromatic carbocycles. The molecule has 98 valence electrons. The monoisotopic (exact) mass is 264 g/mol. The predicted octanol–water partition coefficient (Wildman–Crippen LogP) is 4.04. The Bertz CT molecular complexity index is 477. The highest BCUT2D eigenvalue weighted by Crippen LogP contribution is 2.46. The first-order chi connectivity index (χ1) is 8.31. The van der Waals surface area contributed by atoms with Crippen molar-refractivity contribution in [3.63, 3.8) is 0 Å². The minimum Gasteiger partial charge on any atom is -0.480 e. The summed E-state index contributed by atoms with van der Waals surface area (Å²) in [7, 11) is 0. The molecular formula is C15H20O2S. The average Bonchev–Trinajstić information content (AvgIpc) is 2.27. The highest BCUT2D eigenvalue weighted by molar-refractivity contribution is 8.00. The second-order valence-corrected chi connectivity index (χ2v) is 7.19. The number of carbonyl (C=O) groups is 1. The molecular weight excluding hydrogens is 244 g/mol. The van der Waals surface area contributed by atoms with Crippen LogP contribution < -0.4 is 0 Å². The fourth-order valence-electron chi connectivity index (χ4n) is 2.44. The lowest BCUT2D eigenvalue weighted by molar-refractivity contribution is -0.136. The van der Waals surface area contributed by atoms with Crippen LogP contribution in [-0.4, -0.2) is 16.3 Å². The smallest absolute Gasteiger partial charge is 0.317 e. The van der Waals surface area contributed by atoms with Crippen LogP contribution in [0.4, 0.5) is 0 Å². The van der Waals surface area contributed by atoms with Crippen LogP contribution in [0.5, 0.6) is 0 Å². The molecule has 1 N–H and O–H groups in total. The van der Waals surface area contributed by atoms with Gasteiger partial charge in [-0.25, -0.2) is 0 Å².